The van der Waals surface area contributed by atoms with Gasteiger partial charge in [-0.05, 0) is 11.6 Å². The van der Waals surface area contributed by atoms with Crippen molar-refractivity contribution in [3.05, 3.63) is 45.5 Å². The highest BCUT2D eigenvalue weighted by Crippen LogP contribution is 2.37. The van der Waals surface area contributed by atoms with E-state index in [0.29, 0.717) is 0 Å². The molecule has 2 unspecified atom stereocenters. The Kier molecular flexibility index (Phi) is 5.28. The number of nitrogens with zero attached hydrogens (tertiary/aromatic N) is 1. The molecule has 0 N–H and O–H groups in total. The van der Waals surface area contributed by atoms with Gasteiger partial charge in [0.2, 0.25) is 6.54 Å². The summed E-state index contributed by atoms with van der Waals surface area (Å²) in [5.74, 6) is -3.08. The molecule has 0 aromatic heterocycles. The van der Waals surface area contributed by atoms with Crippen LogP contribution in [0.25, 0.3) is 0 Å². The summed E-state index contributed by atoms with van der Waals surface area (Å²) in [5.41, 5.74) is -1.26. The lowest BCUT2D eigenvalue weighted by molar-refractivity contribution is -0.484. The molecule has 21 heavy (non-hydrogen) atoms. The van der Waals surface area contributed by atoms with Crippen molar-refractivity contribution in [1.29, 1.82) is 0 Å². The molecule has 0 aliphatic carbocycles. The van der Waals surface area contributed by atoms with Crippen LogP contribution in [-0.4, -0.2) is 24.5 Å². The first-order valence-corrected chi connectivity index (χ1v) is 6.04. The van der Waals surface area contributed by atoms with Crippen molar-refractivity contribution in [2.45, 2.75) is 19.0 Å². The Labute approximate surface area is 118 Å². The summed E-state index contributed by atoms with van der Waals surface area (Å²) in [4.78, 5) is 21.5. The first-order chi connectivity index (χ1) is 9.68. The van der Waals surface area contributed by atoms with Gasteiger partial charge in [-0.1, -0.05) is 25.1 Å². The summed E-state index contributed by atoms with van der Waals surface area (Å²) in [7, 11) is 1.08. The summed E-state index contributed by atoms with van der Waals surface area (Å²) in [6, 6.07) is 4.53. The topological polar surface area (TPSA) is 69.4 Å². The van der Waals surface area contributed by atoms with Crippen LogP contribution in [0, 0.1) is 16.0 Å². The zero-order valence-corrected chi connectivity index (χ0v) is 11.4. The number of rotatable bonds is 5. The lowest BCUT2D eigenvalue weighted by Gasteiger charge is -2.22. The van der Waals surface area contributed by atoms with Crippen LogP contribution in [0.4, 0.5) is 13.2 Å². The summed E-state index contributed by atoms with van der Waals surface area (Å²) >= 11 is 0. The van der Waals surface area contributed by atoms with Crippen molar-refractivity contribution in [3.63, 3.8) is 0 Å². The van der Waals surface area contributed by atoms with Crippen molar-refractivity contribution in [1.82, 2.24) is 0 Å². The molecule has 0 saturated carbocycles. The van der Waals surface area contributed by atoms with Gasteiger partial charge in [-0.3, -0.25) is 14.9 Å². The molecule has 1 rings (SSSR count). The third-order valence-electron chi connectivity index (χ3n) is 3.19. The second kappa shape index (κ2) is 6.55. The number of benzene rings is 1. The molecule has 5 nitrogen and oxygen atoms in total. The van der Waals surface area contributed by atoms with Gasteiger partial charge in [-0.2, -0.15) is 13.2 Å². The second-order valence-corrected chi connectivity index (χ2v) is 4.52. The lowest BCUT2D eigenvalue weighted by atomic mass is 9.84. The lowest BCUT2D eigenvalue weighted by Crippen LogP contribution is -2.28. The van der Waals surface area contributed by atoms with E-state index in [1.165, 1.54) is 19.1 Å². The van der Waals surface area contributed by atoms with E-state index in [4.69, 9.17) is 0 Å². The molecule has 0 amide bonds. The summed E-state index contributed by atoms with van der Waals surface area (Å²) < 4.78 is 43.5. The Balaban J connectivity index is 3.33. The second-order valence-electron chi connectivity index (χ2n) is 4.52. The normalized spacial score (nSPS) is 14.3. The minimum Gasteiger partial charge on any atom is -0.469 e. The van der Waals surface area contributed by atoms with Crippen molar-refractivity contribution >= 4 is 5.97 Å². The predicted octanol–water partition coefficient (Wildman–Crippen LogP) is 2.87. The molecule has 0 spiro atoms. The van der Waals surface area contributed by atoms with E-state index in [9.17, 15) is 28.1 Å². The maximum absolute atomic E-state index is 13.0. The van der Waals surface area contributed by atoms with Crippen molar-refractivity contribution in [3.8, 4) is 0 Å². The molecule has 0 heterocycles. The highest BCUT2D eigenvalue weighted by molar-refractivity contribution is 5.73. The van der Waals surface area contributed by atoms with E-state index in [1.807, 2.05) is 0 Å². The standard InChI is InChI=1S/C13H14F3NO4/c1-8(12(18)21-2)10(7-17(19)20)9-5-3-4-6-11(9)13(14,15)16/h3-6,8,10H,7H2,1-2H3. The number of hydrogen-bond acceptors (Lipinski definition) is 4. The van der Waals surface area contributed by atoms with E-state index >= 15 is 0 Å². The van der Waals surface area contributed by atoms with Gasteiger partial charge < -0.3 is 4.74 Å². The van der Waals surface area contributed by atoms with Gasteiger partial charge in [0, 0.05) is 4.92 Å². The maximum atomic E-state index is 13.0. The van der Waals surface area contributed by atoms with Crippen LogP contribution in [0.15, 0.2) is 24.3 Å². The molecule has 0 fully saturated rings. The third kappa shape index (κ3) is 4.17. The summed E-state index contributed by atoms with van der Waals surface area (Å²) in [5, 5.41) is 10.7. The van der Waals surface area contributed by atoms with Gasteiger partial charge in [0.25, 0.3) is 0 Å². The number of carbonyl (C=O) groups is 1. The molecule has 0 bridgehead atoms. The zero-order valence-electron chi connectivity index (χ0n) is 11.4. The number of methoxy groups -OCH3 is 1. The smallest absolute Gasteiger partial charge is 0.416 e. The minimum absolute atomic E-state index is 0.278. The zero-order chi connectivity index (χ0) is 16.2. The maximum Gasteiger partial charge on any atom is 0.416 e. The molecular weight excluding hydrogens is 291 g/mol. The Bertz CT molecular complexity index is 530. The van der Waals surface area contributed by atoms with Crippen LogP contribution in [0.1, 0.15) is 24.0 Å². The van der Waals surface area contributed by atoms with Crippen molar-refractivity contribution < 1.29 is 27.6 Å². The fourth-order valence-corrected chi connectivity index (χ4v) is 2.12. The monoisotopic (exact) mass is 305 g/mol. The number of carbonyl (C=O) groups excluding carboxylic acids is 1. The third-order valence-corrected chi connectivity index (χ3v) is 3.19. The highest BCUT2D eigenvalue weighted by atomic mass is 19.4. The molecular formula is C13H14F3NO4. The van der Waals surface area contributed by atoms with E-state index < -0.39 is 41.0 Å². The predicted molar refractivity (Wildman–Crippen MR) is 67.2 cm³/mol. The van der Waals surface area contributed by atoms with Crippen LogP contribution in [-0.2, 0) is 15.7 Å². The molecule has 2 atom stereocenters. The molecule has 0 aliphatic rings. The minimum atomic E-state index is -4.65. The van der Waals surface area contributed by atoms with E-state index in [-0.39, 0.29) is 5.56 Å². The van der Waals surface area contributed by atoms with Crippen molar-refractivity contribution in [2.24, 2.45) is 5.92 Å². The van der Waals surface area contributed by atoms with Gasteiger partial charge in [0.15, 0.2) is 0 Å². The molecule has 1 aromatic carbocycles. The van der Waals surface area contributed by atoms with E-state index in [2.05, 4.69) is 4.74 Å². The fourth-order valence-electron chi connectivity index (χ4n) is 2.12. The number of ether oxygens (including phenoxy) is 1. The Hall–Kier alpha value is -2.12. The fraction of sp³-hybridized carbons (Fsp3) is 0.462. The number of hydrogen-bond donors (Lipinski definition) is 0. The molecule has 1 aromatic rings. The Morgan fingerprint density at radius 1 is 1.38 bits per heavy atom. The number of esters is 1. The van der Waals surface area contributed by atoms with Crippen LogP contribution >= 0.6 is 0 Å². The van der Waals surface area contributed by atoms with Crippen LogP contribution in [0.5, 0.6) is 0 Å². The van der Waals surface area contributed by atoms with Gasteiger partial charge in [0.05, 0.1) is 24.5 Å². The van der Waals surface area contributed by atoms with Gasteiger partial charge in [-0.25, -0.2) is 0 Å². The van der Waals surface area contributed by atoms with Crippen LogP contribution in [0.3, 0.4) is 0 Å². The Morgan fingerprint density at radius 2 is 1.95 bits per heavy atom. The number of alkyl halides is 3. The van der Waals surface area contributed by atoms with Crippen LogP contribution in [0.2, 0.25) is 0 Å². The number of halogens is 3. The SMILES string of the molecule is COC(=O)C(C)C(C[N+](=O)[O-])c1ccccc1C(F)(F)F. The molecule has 0 saturated heterocycles. The average molecular weight is 305 g/mol. The summed E-state index contributed by atoms with van der Waals surface area (Å²) in [6.07, 6.45) is -4.65. The first-order valence-electron chi connectivity index (χ1n) is 6.04. The molecule has 0 aliphatic heterocycles. The van der Waals surface area contributed by atoms with E-state index in [1.54, 1.807) is 0 Å². The molecule has 116 valence electrons. The quantitative estimate of drug-likeness (QED) is 0.476. The first kappa shape index (κ1) is 16.9. The average Bonchev–Trinajstić information content (AvgIpc) is 2.42. The van der Waals surface area contributed by atoms with Gasteiger partial charge >= 0.3 is 12.1 Å². The molecule has 0 radical (unpaired) electrons. The van der Waals surface area contributed by atoms with Gasteiger partial charge in [0.1, 0.15) is 0 Å². The summed E-state index contributed by atoms with van der Waals surface area (Å²) in [6.45, 7) is 0.524. The highest BCUT2D eigenvalue weighted by Gasteiger charge is 2.39. The van der Waals surface area contributed by atoms with Crippen molar-refractivity contribution in [2.75, 3.05) is 13.7 Å². The number of nitro groups is 1. The molecule has 8 heteroatoms. The largest absolute Gasteiger partial charge is 0.469 e. The van der Waals surface area contributed by atoms with E-state index in [0.717, 1.165) is 19.2 Å². The van der Waals surface area contributed by atoms with Crippen LogP contribution < -0.4 is 0 Å². The van der Waals surface area contributed by atoms with Gasteiger partial charge in [-0.15, -0.1) is 0 Å². The Morgan fingerprint density at radius 3 is 2.43 bits per heavy atom.